The first-order valence-corrected chi connectivity index (χ1v) is 9.66. The predicted molar refractivity (Wildman–Crippen MR) is 101 cm³/mol. The summed E-state index contributed by atoms with van der Waals surface area (Å²) in [5.74, 6) is -2.96. The van der Waals surface area contributed by atoms with Crippen LogP contribution < -0.4 is 16.4 Å². The molecule has 0 aliphatic carbocycles. The monoisotopic (exact) mass is 384 g/mol. The van der Waals surface area contributed by atoms with Gasteiger partial charge in [0.1, 0.15) is 5.54 Å². The van der Waals surface area contributed by atoms with Gasteiger partial charge in [-0.1, -0.05) is 25.1 Å². The standard InChI is InChI=1S/C20H24N4O4/c1-3-10(2)24-17(26)15-13(8-9-14(21)25)23-20(16(15)18(24)27)11-6-4-5-7-12(11)22-19(20)28/h4-7,10,13,15-16,23H,3,8-9H2,1-2H3,(H2,21,25)(H,22,28)/t10-,13+,15+,16-,20-/m0/s1. The van der Waals surface area contributed by atoms with Crippen molar-refractivity contribution in [2.24, 2.45) is 17.6 Å². The Labute approximate surface area is 162 Å². The highest BCUT2D eigenvalue weighted by molar-refractivity contribution is 6.15. The average Bonchev–Trinajstić information content (AvgIpc) is 3.24. The maximum atomic E-state index is 13.4. The zero-order valence-electron chi connectivity index (χ0n) is 15.9. The number of fused-ring (bicyclic) bond motifs is 4. The van der Waals surface area contributed by atoms with Gasteiger partial charge in [-0.3, -0.25) is 29.4 Å². The SMILES string of the molecule is CC[C@H](C)N1C(=O)[C@H]2[C@@H](C1=O)[C@]1(N[C@@H]2CCC(N)=O)C(=O)Nc2ccccc21. The van der Waals surface area contributed by atoms with Gasteiger partial charge in [0, 0.05) is 29.8 Å². The van der Waals surface area contributed by atoms with E-state index in [-0.39, 0.29) is 30.2 Å². The molecule has 0 aromatic heterocycles. The molecule has 4 amide bonds. The Kier molecular flexibility index (Phi) is 4.26. The lowest BCUT2D eigenvalue weighted by molar-refractivity contribution is -0.145. The zero-order valence-corrected chi connectivity index (χ0v) is 15.9. The molecule has 148 valence electrons. The molecule has 0 bridgehead atoms. The molecular weight excluding hydrogens is 360 g/mol. The molecule has 2 saturated heterocycles. The summed E-state index contributed by atoms with van der Waals surface area (Å²) in [7, 11) is 0. The molecule has 1 aromatic carbocycles. The van der Waals surface area contributed by atoms with E-state index in [0.29, 0.717) is 24.1 Å². The number of rotatable bonds is 5. The number of primary amides is 1. The van der Waals surface area contributed by atoms with Crippen molar-refractivity contribution in [2.75, 3.05) is 5.32 Å². The van der Waals surface area contributed by atoms with Gasteiger partial charge in [0.15, 0.2) is 0 Å². The summed E-state index contributed by atoms with van der Waals surface area (Å²) < 4.78 is 0. The molecule has 4 N–H and O–H groups in total. The van der Waals surface area contributed by atoms with Gasteiger partial charge in [-0.15, -0.1) is 0 Å². The maximum Gasteiger partial charge on any atom is 0.250 e. The van der Waals surface area contributed by atoms with E-state index in [1.54, 1.807) is 12.1 Å². The number of carbonyl (C=O) groups excluding carboxylic acids is 4. The maximum absolute atomic E-state index is 13.4. The van der Waals surface area contributed by atoms with Gasteiger partial charge < -0.3 is 11.1 Å². The normalized spacial score (nSPS) is 31.9. The molecule has 0 radical (unpaired) electrons. The van der Waals surface area contributed by atoms with E-state index in [2.05, 4.69) is 10.6 Å². The van der Waals surface area contributed by atoms with Crippen LogP contribution in [0.3, 0.4) is 0 Å². The molecule has 3 heterocycles. The lowest BCUT2D eigenvalue weighted by atomic mass is 9.76. The van der Waals surface area contributed by atoms with Crippen molar-refractivity contribution in [1.29, 1.82) is 0 Å². The van der Waals surface area contributed by atoms with Crippen molar-refractivity contribution in [2.45, 2.75) is 50.7 Å². The molecule has 28 heavy (non-hydrogen) atoms. The minimum Gasteiger partial charge on any atom is -0.370 e. The number of amides is 4. The van der Waals surface area contributed by atoms with Crippen LogP contribution >= 0.6 is 0 Å². The fourth-order valence-electron chi connectivity index (χ4n) is 4.94. The summed E-state index contributed by atoms with van der Waals surface area (Å²) in [5, 5.41) is 6.13. The smallest absolute Gasteiger partial charge is 0.250 e. The van der Waals surface area contributed by atoms with Crippen LogP contribution in [0, 0.1) is 11.8 Å². The predicted octanol–water partition coefficient (Wildman–Crippen LogP) is 0.471. The van der Waals surface area contributed by atoms with Crippen LogP contribution in [0.4, 0.5) is 5.69 Å². The Morgan fingerprint density at radius 1 is 1.25 bits per heavy atom. The Morgan fingerprint density at radius 3 is 2.64 bits per heavy atom. The first-order chi connectivity index (χ1) is 13.3. The van der Waals surface area contributed by atoms with E-state index in [1.165, 1.54) is 4.90 Å². The number of imide groups is 1. The van der Waals surface area contributed by atoms with Gasteiger partial charge in [-0.05, 0) is 25.8 Å². The fraction of sp³-hybridized carbons (Fsp3) is 0.500. The number of nitrogens with zero attached hydrogens (tertiary/aromatic N) is 1. The van der Waals surface area contributed by atoms with Gasteiger partial charge in [0.25, 0.3) is 0 Å². The molecule has 0 saturated carbocycles. The molecule has 1 aromatic rings. The van der Waals surface area contributed by atoms with Crippen LogP contribution in [0.1, 0.15) is 38.7 Å². The van der Waals surface area contributed by atoms with Crippen molar-refractivity contribution < 1.29 is 19.2 Å². The molecule has 3 aliphatic heterocycles. The summed E-state index contributed by atoms with van der Waals surface area (Å²) >= 11 is 0. The number of anilines is 1. The first-order valence-electron chi connectivity index (χ1n) is 9.66. The second kappa shape index (κ2) is 6.41. The Morgan fingerprint density at radius 2 is 1.96 bits per heavy atom. The van der Waals surface area contributed by atoms with Gasteiger partial charge in [-0.25, -0.2) is 0 Å². The third-order valence-electron chi connectivity index (χ3n) is 6.39. The van der Waals surface area contributed by atoms with Crippen molar-refractivity contribution >= 4 is 29.3 Å². The number of benzene rings is 1. The molecule has 1 spiro atoms. The molecular formula is C20H24N4O4. The quantitative estimate of drug-likeness (QED) is 0.637. The topological polar surface area (TPSA) is 122 Å². The summed E-state index contributed by atoms with van der Waals surface area (Å²) in [6.45, 7) is 3.74. The van der Waals surface area contributed by atoms with E-state index in [4.69, 9.17) is 5.73 Å². The molecule has 8 heteroatoms. The lowest BCUT2D eigenvalue weighted by Crippen LogP contribution is -2.54. The van der Waals surface area contributed by atoms with E-state index in [1.807, 2.05) is 26.0 Å². The van der Waals surface area contributed by atoms with E-state index in [0.717, 1.165) is 0 Å². The Hall–Kier alpha value is -2.74. The minimum absolute atomic E-state index is 0.0744. The van der Waals surface area contributed by atoms with Gasteiger partial charge >= 0.3 is 0 Å². The molecule has 3 aliphatic rings. The van der Waals surface area contributed by atoms with E-state index < -0.39 is 29.3 Å². The number of carbonyl (C=O) groups is 4. The number of hydrogen-bond donors (Lipinski definition) is 3. The van der Waals surface area contributed by atoms with Crippen LogP contribution in [0.5, 0.6) is 0 Å². The third-order valence-corrected chi connectivity index (χ3v) is 6.39. The average molecular weight is 384 g/mol. The molecule has 5 atom stereocenters. The van der Waals surface area contributed by atoms with Crippen LogP contribution in [0.15, 0.2) is 24.3 Å². The highest BCUT2D eigenvalue weighted by Crippen LogP contribution is 2.53. The molecule has 2 fully saturated rings. The van der Waals surface area contributed by atoms with Gasteiger partial charge in [0.05, 0.1) is 11.8 Å². The van der Waals surface area contributed by atoms with E-state index >= 15 is 0 Å². The Bertz CT molecular complexity index is 885. The summed E-state index contributed by atoms with van der Waals surface area (Å²) in [4.78, 5) is 52.4. The highest BCUT2D eigenvalue weighted by atomic mass is 16.2. The van der Waals surface area contributed by atoms with Crippen molar-refractivity contribution in [3.8, 4) is 0 Å². The number of nitrogens with two attached hydrogens (primary N) is 1. The van der Waals surface area contributed by atoms with Crippen LogP contribution in [0.25, 0.3) is 0 Å². The highest BCUT2D eigenvalue weighted by Gasteiger charge is 2.70. The first kappa shape index (κ1) is 18.6. The second-order valence-electron chi connectivity index (χ2n) is 7.87. The van der Waals surface area contributed by atoms with Crippen LogP contribution in [-0.2, 0) is 24.7 Å². The summed E-state index contributed by atoms with van der Waals surface area (Å²) in [6.07, 6.45) is 0.998. The molecule has 4 rings (SSSR count). The summed E-state index contributed by atoms with van der Waals surface area (Å²) in [6, 6.07) is 6.46. The third kappa shape index (κ3) is 2.33. The Balaban J connectivity index is 1.83. The van der Waals surface area contributed by atoms with Crippen molar-refractivity contribution in [3.05, 3.63) is 29.8 Å². The number of hydrogen-bond acceptors (Lipinski definition) is 5. The van der Waals surface area contributed by atoms with Crippen LogP contribution in [0.2, 0.25) is 0 Å². The van der Waals surface area contributed by atoms with Gasteiger partial charge in [0.2, 0.25) is 23.6 Å². The summed E-state index contributed by atoms with van der Waals surface area (Å²) in [5.41, 5.74) is 5.31. The lowest BCUT2D eigenvalue weighted by Gasteiger charge is -2.31. The molecule has 8 nitrogen and oxygen atoms in total. The van der Waals surface area contributed by atoms with Crippen molar-refractivity contribution in [3.63, 3.8) is 0 Å². The van der Waals surface area contributed by atoms with Crippen LogP contribution in [-0.4, -0.2) is 40.6 Å². The number of nitrogens with one attached hydrogen (secondary N) is 2. The largest absolute Gasteiger partial charge is 0.370 e. The number of para-hydroxylation sites is 1. The van der Waals surface area contributed by atoms with Crippen molar-refractivity contribution in [1.82, 2.24) is 10.2 Å². The van der Waals surface area contributed by atoms with Gasteiger partial charge in [-0.2, -0.15) is 0 Å². The minimum atomic E-state index is -1.31. The molecule has 0 unspecified atom stereocenters. The number of likely N-dealkylation sites (tertiary alicyclic amines) is 1. The van der Waals surface area contributed by atoms with E-state index in [9.17, 15) is 19.2 Å². The fourth-order valence-corrected chi connectivity index (χ4v) is 4.94. The zero-order chi connectivity index (χ0) is 20.2. The second-order valence-corrected chi connectivity index (χ2v) is 7.87.